The Morgan fingerprint density at radius 1 is 1.02 bits per heavy atom. The predicted molar refractivity (Wildman–Crippen MR) is 182 cm³/mol. The number of aromatic nitrogens is 2. The van der Waals surface area contributed by atoms with Crippen molar-refractivity contribution in [3.63, 3.8) is 0 Å². The Morgan fingerprint density at radius 2 is 1.77 bits per heavy atom. The molecule has 0 aliphatic carbocycles. The van der Waals surface area contributed by atoms with Gasteiger partial charge in [-0.2, -0.15) is 5.10 Å². The number of imide groups is 1. The molecule has 1 aromatic heterocycles. The van der Waals surface area contributed by atoms with Crippen LogP contribution in [0.3, 0.4) is 0 Å². The van der Waals surface area contributed by atoms with Crippen LogP contribution in [-0.4, -0.2) is 82.7 Å². The largest absolute Gasteiger partial charge is 0.490 e. The van der Waals surface area contributed by atoms with E-state index in [-0.39, 0.29) is 47.3 Å². The van der Waals surface area contributed by atoms with Crippen LogP contribution in [0, 0.1) is 6.92 Å². The van der Waals surface area contributed by atoms with Crippen molar-refractivity contribution in [1.82, 2.24) is 24.9 Å². The number of carbonyl (C=O) groups excluding carboxylic acids is 3. The van der Waals surface area contributed by atoms with Crippen LogP contribution in [0.2, 0.25) is 0 Å². The quantitative estimate of drug-likeness (QED) is 0.354. The number of likely N-dealkylation sites (N-methyl/N-ethyl adjacent to an activating group) is 1. The lowest BCUT2D eigenvalue weighted by molar-refractivity contribution is -0.134. The smallest absolute Gasteiger partial charge is 0.282 e. The highest BCUT2D eigenvalue weighted by atomic mass is 79.9. The third kappa shape index (κ3) is 7.43. The van der Waals surface area contributed by atoms with Crippen molar-refractivity contribution in [2.45, 2.75) is 63.0 Å². The van der Waals surface area contributed by atoms with Crippen molar-refractivity contribution >= 4 is 39.3 Å². The lowest BCUT2D eigenvalue weighted by Crippen LogP contribution is -2.43. The molecule has 2 aromatic carbocycles. The lowest BCUT2D eigenvalue weighted by atomic mass is 9.87. The number of anilines is 1. The number of nitrogens with one attached hydrogen (secondary N) is 2. The summed E-state index contributed by atoms with van der Waals surface area (Å²) >= 11 is 3.41. The first-order valence-electron chi connectivity index (χ1n) is 16.2. The van der Waals surface area contributed by atoms with Crippen LogP contribution in [0.25, 0.3) is 0 Å². The standard InChI is InChI=1S/C35H41BrN6O5/c1-21-4-9-27(17-29(21)28-10-11-31(43)39-33(28)44)47-26-12-14-42(15-13-26)34(45)23-7-5-22(6-8-23)24-16-25(20-40(2)19-24)38-30-18-37-41(3)35(46)32(30)36/h4-9,17-18,24-26,28,38H,10-16,19-20H2,1-3H3,(H,39,43,44)/t24-,25+,28?/m0/s1. The van der Waals surface area contributed by atoms with Gasteiger partial charge in [0.05, 0.1) is 17.8 Å². The summed E-state index contributed by atoms with van der Waals surface area (Å²) in [5.74, 6) is 0.173. The monoisotopic (exact) mass is 704 g/mol. The van der Waals surface area contributed by atoms with Crippen LogP contribution in [-0.2, 0) is 16.6 Å². The average Bonchev–Trinajstić information content (AvgIpc) is 3.06. The van der Waals surface area contributed by atoms with Gasteiger partial charge in [-0.3, -0.25) is 24.5 Å². The van der Waals surface area contributed by atoms with Crippen LogP contribution in [0.5, 0.6) is 5.75 Å². The zero-order valence-electron chi connectivity index (χ0n) is 27.0. The maximum absolute atomic E-state index is 13.4. The second kappa shape index (κ2) is 14.0. The van der Waals surface area contributed by atoms with Gasteiger partial charge in [0.2, 0.25) is 11.8 Å². The number of likely N-dealkylation sites (tertiary alicyclic amines) is 2. The highest BCUT2D eigenvalue weighted by Gasteiger charge is 2.31. The van der Waals surface area contributed by atoms with Gasteiger partial charge in [0, 0.05) is 64.1 Å². The summed E-state index contributed by atoms with van der Waals surface area (Å²) in [6.07, 6.45) is 4.80. The Bertz CT molecular complexity index is 1720. The number of halogens is 1. The van der Waals surface area contributed by atoms with Gasteiger partial charge in [-0.1, -0.05) is 18.2 Å². The van der Waals surface area contributed by atoms with E-state index in [2.05, 4.69) is 55.7 Å². The molecular formula is C35H41BrN6O5. The third-order valence-corrected chi connectivity index (χ3v) is 10.4. The van der Waals surface area contributed by atoms with Gasteiger partial charge in [0.1, 0.15) is 16.3 Å². The summed E-state index contributed by atoms with van der Waals surface area (Å²) in [4.78, 5) is 54.0. The molecule has 0 radical (unpaired) electrons. The van der Waals surface area contributed by atoms with E-state index < -0.39 is 0 Å². The van der Waals surface area contributed by atoms with Gasteiger partial charge in [-0.25, -0.2) is 4.68 Å². The second-order valence-electron chi connectivity index (χ2n) is 13.0. The van der Waals surface area contributed by atoms with E-state index in [1.54, 1.807) is 13.2 Å². The molecule has 3 amide bonds. The fraction of sp³-hybridized carbons (Fsp3) is 0.457. The van der Waals surface area contributed by atoms with E-state index in [1.165, 1.54) is 10.2 Å². The Balaban J connectivity index is 1.03. The molecule has 6 rings (SSSR count). The molecular weight excluding hydrogens is 664 g/mol. The van der Waals surface area contributed by atoms with Gasteiger partial charge in [-0.05, 0) is 89.6 Å². The number of piperidine rings is 3. The van der Waals surface area contributed by atoms with E-state index in [1.807, 2.05) is 42.2 Å². The van der Waals surface area contributed by atoms with Crippen molar-refractivity contribution in [3.8, 4) is 5.75 Å². The molecule has 3 aliphatic rings. The summed E-state index contributed by atoms with van der Waals surface area (Å²) in [6, 6.07) is 13.9. The minimum atomic E-state index is -0.356. The van der Waals surface area contributed by atoms with Gasteiger partial charge in [0.25, 0.3) is 11.5 Å². The molecule has 4 heterocycles. The number of ether oxygens (including phenoxy) is 1. The fourth-order valence-electron chi connectivity index (χ4n) is 7.00. The van der Waals surface area contributed by atoms with Crippen molar-refractivity contribution in [1.29, 1.82) is 0 Å². The van der Waals surface area contributed by atoms with Crippen molar-refractivity contribution < 1.29 is 19.1 Å². The number of hydrogen-bond acceptors (Lipinski definition) is 8. The molecule has 1 unspecified atom stereocenters. The van der Waals surface area contributed by atoms with E-state index in [4.69, 9.17) is 4.74 Å². The van der Waals surface area contributed by atoms with Crippen LogP contribution in [0.4, 0.5) is 5.69 Å². The molecule has 11 nitrogen and oxygen atoms in total. The van der Waals surface area contributed by atoms with Crippen LogP contribution < -0.4 is 20.9 Å². The maximum Gasteiger partial charge on any atom is 0.282 e. The summed E-state index contributed by atoms with van der Waals surface area (Å²) in [7, 11) is 3.72. The number of carbonyl (C=O) groups is 3. The maximum atomic E-state index is 13.4. The molecule has 3 fully saturated rings. The zero-order chi connectivity index (χ0) is 33.2. The molecule has 0 spiro atoms. The number of aryl methyl sites for hydroxylation is 2. The fourth-order valence-corrected chi connectivity index (χ4v) is 7.48. The summed E-state index contributed by atoms with van der Waals surface area (Å²) in [5, 5.41) is 10.1. The molecule has 0 bridgehead atoms. The number of hydrogen-bond donors (Lipinski definition) is 2. The Morgan fingerprint density at radius 3 is 2.49 bits per heavy atom. The van der Waals surface area contributed by atoms with Gasteiger partial charge >= 0.3 is 0 Å². The number of amides is 3. The van der Waals surface area contributed by atoms with E-state index >= 15 is 0 Å². The third-order valence-electron chi connectivity index (χ3n) is 9.60. The molecule has 3 saturated heterocycles. The first-order chi connectivity index (χ1) is 22.5. The Kier molecular flexibility index (Phi) is 9.79. The second-order valence-corrected chi connectivity index (χ2v) is 13.8. The average molecular weight is 706 g/mol. The molecule has 12 heteroatoms. The van der Waals surface area contributed by atoms with Crippen molar-refractivity contribution in [2.24, 2.45) is 7.05 Å². The predicted octanol–water partition coefficient (Wildman–Crippen LogP) is 3.95. The van der Waals surface area contributed by atoms with E-state index in [9.17, 15) is 19.2 Å². The highest BCUT2D eigenvalue weighted by Crippen LogP contribution is 2.32. The van der Waals surface area contributed by atoms with Gasteiger partial charge in [0.15, 0.2) is 0 Å². The van der Waals surface area contributed by atoms with Gasteiger partial charge in [-0.15, -0.1) is 0 Å². The van der Waals surface area contributed by atoms with E-state index in [0.29, 0.717) is 60.2 Å². The van der Waals surface area contributed by atoms with Crippen molar-refractivity contribution in [3.05, 3.63) is 85.7 Å². The minimum Gasteiger partial charge on any atom is -0.490 e. The van der Waals surface area contributed by atoms with Crippen molar-refractivity contribution in [2.75, 3.05) is 38.5 Å². The summed E-state index contributed by atoms with van der Waals surface area (Å²) < 4.78 is 8.10. The SMILES string of the molecule is Cc1ccc(OC2CCN(C(=O)c3ccc([C@H]4C[C@@H](Nc5cnn(C)c(=O)c5Br)CN(C)C4)cc3)CC2)cc1C1CCC(=O)NC1=O. The zero-order valence-corrected chi connectivity index (χ0v) is 28.6. The molecule has 0 saturated carbocycles. The highest BCUT2D eigenvalue weighted by molar-refractivity contribution is 9.10. The normalized spacial score (nSPS) is 22.6. The number of nitrogens with zero attached hydrogens (tertiary/aromatic N) is 4. The minimum absolute atomic E-state index is 0.0220. The molecule has 3 atom stereocenters. The summed E-state index contributed by atoms with van der Waals surface area (Å²) in [5.41, 5.74) is 4.26. The topological polar surface area (TPSA) is 126 Å². The Hall–Kier alpha value is -4.03. The lowest BCUT2D eigenvalue weighted by Gasteiger charge is -2.37. The van der Waals surface area contributed by atoms with Crippen LogP contribution in [0.1, 0.15) is 71.0 Å². The molecule has 3 aromatic rings. The summed E-state index contributed by atoms with van der Waals surface area (Å²) in [6.45, 7) is 4.93. The molecule has 3 aliphatic heterocycles. The number of rotatable bonds is 7. The molecule has 47 heavy (non-hydrogen) atoms. The van der Waals surface area contributed by atoms with Crippen LogP contribution >= 0.6 is 15.9 Å². The van der Waals surface area contributed by atoms with E-state index in [0.717, 1.165) is 30.6 Å². The molecule has 2 N–H and O–H groups in total. The molecule has 248 valence electrons. The first-order valence-corrected chi connectivity index (χ1v) is 17.0. The van der Waals surface area contributed by atoms with Gasteiger partial charge < -0.3 is 19.9 Å². The number of benzene rings is 2. The van der Waals surface area contributed by atoms with Crippen LogP contribution in [0.15, 0.2) is 57.9 Å². The Labute approximate surface area is 282 Å². The first kappa shape index (κ1) is 32.9.